The van der Waals surface area contributed by atoms with Crippen molar-refractivity contribution in [3.63, 3.8) is 0 Å². The lowest BCUT2D eigenvalue weighted by atomic mass is 10.1. The molecule has 0 saturated heterocycles. The molecule has 14 N–H and O–H groups in total. The van der Waals surface area contributed by atoms with Crippen LogP contribution in [-0.2, 0) is 73.5 Å². The molecule has 0 aromatic carbocycles. The first-order chi connectivity index (χ1) is 23.4. The summed E-state index contributed by atoms with van der Waals surface area (Å²) in [5.41, 5.74) is 5.55. The van der Waals surface area contributed by atoms with Crippen molar-refractivity contribution in [3.8, 4) is 0 Å². The monoisotopic (exact) mass is 816 g/mol. The first kappa shape index (κ1) is 46.9. The van der Waals surface area contributed by atoms with Gasteiger partial charge in [-0.3, -0.25) is 37.6 Å². The van der Waals surface area contributed by atoms with Gasteiger partial charge in [0.15, 0.2) is 0 Å². The lowest BCUT2D eigenvalue weighted by molar-refractivity contribution is -0.145. The number of carboxylic acids is 4. The maximum atomic E-state index is 13.0. The Labute approximate surface area is 291 Å². The molecule has 0 aromatic heterocycles. The minimum atomic E-state index is -5.06. The van der Waals surface area contributed by atoms with Gasteiger partial charge in [-0.1, -0.05) is 0 Å². The van der Waals surface area contributed by atoms with Crippen LogP contribution in [0.5, 0.6) is 0 Å². The van der Waals surface area contributed by atoms with Gasteiger partial charge in [-0.05, 0) is 0 Å². The lowest BCUT2D eigenvalue weighted by Crippen LogP contribution is -2.57. The Morgan fingerprint density at radius 1 is 0.423 bits per heavy atom. The van der Waals surface area contributed by atoms with E-state index >= 15 is 0 Å². The van der Waals surface area contributed by atoms with Crippen LogP contribution in [0.3, 0.4) is 0 Å². The third kappa shape index (κ3) is 19.9. The molecule has 0 aliphatic heterocycles. The summed E-state index contributed by atoms with van der Waals surface area (Å²) in [6.45, 7) is 0. The predicted molar refractivity (Wildman–Crippen MR) is 161 cm³/mol. The molecular weight excluding hydrogens is 784 g/mol. The van der Waals surface area contributed by atoms with Crippen molar-refractivity contribution < 1.29 is 102 Å². The third-order valence-electron chi connectivity index (χ3n) is 5.80. The van der Waals surface area contributed by atoms with Gasteiger partial charge < -0.3 is 52.7 Å². The van der Waals surface area contributed by atoms with Crippen LogP contribution in [0.4, 0.5) is 0 Å². The highest BCUT2D eigenvalue weighted by Gasteiger charge is 2.35. The van der Waals surface area contributed by atoms with Crippen molar-refractivity contribution in [2.75, 3.05) is 17.3 Å². The fraction of sp³-hybridized carbons (Fsp3) is 0.571. The largest absolute Gasteiger partial charge is 0.480 e. The lowest BCUT2D eigenvalue weighted by Gasteiger charge is -2.23. The second-order valence-corrected chi connectivity index (χ2v) is 14.8. The predicted octanol–water partition coefficient (Wildman–Crippen LogP) is -8.09. The summed E-state index contributed by atoms with van der Waals surface area (Å²) in [4.78, 5) is 108. The summed E-state index contributed by atoms with van der Waals surface area (Å²) < 4.78 is 92.9. The van der Waals surface area contributed by atoms with E-state index in [1.165, 1.54) is 0 Å². The van der Waals surface area contributed by atoms with Crippen molar-refractivity contribution in [2.24, 2.45) is 5.73 Å². The number of nitrogens with one attached hydrogen (secondary N) is 5. The number of nitrogens with two attached hydrogens (primary N) is 1. The molecule has 0 heterocycles. The summed E-state index contributed by atoms with van der Waals surface area (Å²) in [7, 11) is -15.0. The highest BCUT2D eigenvalue weighted by Crippen LogP contribution is 2.04. The topological polar surface area (TPSA) is 484 Å². The Balaban J connectivity index is 6.23. The molecule has 0 aliphatic carbocycles. The molecule has 0 aliphatic rings. The van der Waals surface area contributed by atoms with Crippen LogP contribution < -0.4 is 32.3 Å². The van der Waals surface area contributed by atoms with Gasteiger partial charge in [-0.2, -0.15) is 25.3 Å². The van der Waals surface area contributed by atoms with Crippen LogP contribution in [0.1, 0.15) is 19.3 Å². The zero-order chi connectivity index (χ0) is 40.9. The molecule has 31 heteroatoms. The highest BCUT2D eigenvalue weighted by atomic mass is 32.2. The van der Waals surface area contributed by atoms with Crippen molar-refractivity contribution in [3.05, 3.63) is 0 Å². The summed E-state index contributed by atoms with van der Waals surface area (Å²) in [5, 5.41) is 44.8. The number of carbonyl (C=O) groups is 9. The number of hydrogen-bond acceptors (Lipinski definition) is 16. The molecule has 52 heavy (non-hydrogen) atoms. The first-order valence-corrected chi connectivity index (χ1v) is 18.2. The number of aliphatic carboxylic acids is 4. The number of carboxylic acid groups (broad SMARTS) is 4. The number of carbonyl (C=O) groups excluding carboxylic acids is 5. The highest BCUT2D eigenvalue weighted by molar-refractivity contribution is 7.86. The molecule has 0 rings (SSSR count). The maximum absolute atomic E-state index is 13.0. The summed E-state index contributed by atoms with van der Waals surface area (Å²) in [6.07, 6.45) is -3.98. The Kier molecular flexibility index (Phi) is 17.6. The van der Waals surface area contributed by atoms with Gasteiger partial charge >= 0.3 is 23.9 Å². The molecule has 296 valence electrons. The second-order valence-electron chi connectivity index (χ2n) is 10.3. The molecule has 0 aromatic rings. The van der Waals surface area contributed by atoms with E-state index in [4.69, 9.17) is 34.7 Å². The molecule has 0 saturated carbocycles. The Bertz CT molecular complexity index is 1760. The average Bonchev–Trinajstić information content (AvgIpc) is 2.92. The van der Waals surface area contributed by atoms with Crippen molar-refractivity contribution >= 4 is 83.8 Å². The van der Waals surface area contributed by atoms with E-state index in [0.717, 1.165) is 0 Å². The maximum Gasteiger partial charge on any atom is 0.327 e. The third-order valence-corrected chi connectivity index (χ3v) is 8.06. The zero-order valence-corrected chi connectivity index (χ0v) is 28.2. The smallest absolute Gasteiger partial charge is 0.327 e. The van der Waals surface area contributed by atoms with Crippen molar-refractivity contribution in [1.82, 2.24) is 26.6 Å². The van der Waals surface area contributed by atoms with E-state index in [2.05, 4.69) is 0 Å². The number of rotatable bonds is 23. The summed E-state index contributed by atoms with van der Waals surface area (Å²) in [5.74, 6) is -20.6. The normalized spacial score (nSPS) is 15.2. The molecule has 0 fully saturated rings. The Morgan fingerprint density at radius 2 is 0.692 bits per heavy atom. The van der Waals surface area contributed by atoms with E-state index in [1.807, 2.05) is 0 Å². The van der Waals surface area contributed by atoms with Crippen LogP contribution in [0.25, 0.3) is 0 Å². The van der Waals surface area contributed by atoms with Gasteiger partial charge in [0.25, 0.3) is 30.4 Å². The van der Waals surface area contributed by atoms with E-state index in [1.54, 1.807) is 26.6 Å². The van der Waals surface area contributed by atoms with Crippen molar-refractivity contribution in [2.45, 2.75) is 55.5 Å². The SMILES string of the molecule is NC(CC(=O)NC(CS(=O)(=O)O)C(=O)O)C(=O)NC(CC(=O)NC(CS(=O)(=O)O)C(=O)O)C(=O)NC(CC(=O)NC(CS(=O)(=O)O)C(=O)O)C(=O)O. The van der Waals surface area contributed by atoms with E-state index in [-0.39, 0.29) is 0 Å². The minimum absolute atomic E-state index is 1.19. The van der Waals surface area contributed by atoms with Crippen molar-refractivity contribution in [1.29, 1.82) is 0 Å². The fourth-order valence-electron chi connectivity index (χ4n) is 3.54. The first-order valence-electron chi connectivity index (χ1n) is 13.4. The zero-order valence-electron chi connectivity index (χ0n) is 25.8. The van der Waals surface area contributed by atoms with Gasteiger partial charge in [0.1, 0.15) is 47.5 Å². The quantitative estimate of drug-likeness (QED) is 0.0426. The van der Waals surface area contributed by atoms with E-state index < -0.39 is 157 Å². The Hall–Kier alpha value is -5.08. The van der Waals surface area contributed by atoms with E-state index in [9.17, 15) is 73.5 Å². The van der Waals surface area contributed by atoms with Crippen LogP contribution in [0, 0.1) is 0 Å². The summed E-state index contributed by atoms with van der Waals surface area (Å²) in [6, 6.07) is -13.8. The molecule has 0 radical (unpaired) electrons. The van der Waals surface area contributed by atoms with Crippen LogP contribution in [0.15, 0.2) is 0 Å². The standard InChI is InChI=1S/C21H32N6O22S3/c22-7(1-13(28)23-10(19(35)36)4-50(41,42)43)16(31)26-8(2-14(29)24-11(20(37)38)5-51(44,45)46)17(32)27-9(18(33)34)3-15(30)25-12(21(39)40)6-52(47,48)49/h7-12H,1-6,22H2,(H,23,28)(H,24,29)(H,25,30)(H,26,31)(H,27,32)(H,33,34)(H,35,36)(H,37,38)(H,39,40)(H,41,42,43)(H,44,45,46)(H,47,48,49). The van der Waals surface area contributed by atoms with Crippen LogP contribution in [-0.4, -0.2) is 166 Å². The van der Waals surface area contributed by atoms with Gasteiger partial charge in [0.05, 0.1) is 25.3 Å². The Morgan fingerprint density at radius 3 is 0.981 bits per heavy atom. The van der Waals surface area contributed by atoms with Gasteiger partial charge in [-0.25, -0.2) is 19.2 Å². The number of amides is 5. The number of hydrogen-bond donors (Lipinski definition) is 13. The van der Waals surface area contributed by atoms with Crippen LogP contribution in [0.2, 0.25) is 0 Å². The fourth-order valence-corrected chi connectivity index (χ4v) is 5.48. The molecular formula is C21H32N6O22S3. The van der Waals surface area contributed by atoms with Gasteiger partial charge in [0, 0.05) is 0 Å². The molecule has 6 unspecified atom stereocenters. The van der Waals surface area contributed by atoms with Gasteiger partial charge in [-0.15, -0.1) is 0 Å². The average molecular weight is 817 g/mol. The molecule has 0 spiro atoms. The molecule has 28 nitrogen and oxygen atoms in total. The van der Waals surface area contributed by atoms with Crippen LogP contribution >= 0.6 is 0 Å². The minimum Gasteiger partial charge on any atom is -0.480 e. The van der Waals surface area contributed by atoms with E-state index in [0.29, 0.717) is 0 Å². The molecule has 0 bridgehead atoms. The molecule has 6 atom stereocenters. The second kappa shape index (κ2) is 19.5. The van der Waals surface area contributed by atoms with Gasteiger partial charge in [0.2, 0.25) is 29.5 Å². The molecule has 5 amide bonds. The summed E-state index contributed by atoms with van der Waals surface area (Å²) >= 11 is 0.